The molecule has 3 aromatic rings. The van der Waals surface area contributed by atoms with Gasteiger partial charge < -0.3 is 15.0 Å². The maximum absolute atomic E-state index is 14.6. The first-order chi connectivity index (χ1) is 16.9. The van der Waals surface area contributed by atoms with Gasteiger partial charge >= 0.3 is 0 Å². The Labute approximate surface area is 219 Å². The van der Waals surface area contributed by atoms with Crippen molar-refractivity contribution in [3.05, 3.63) is 99.4 Å². The van der Waals surface area contributed by atoms with Crippen molar-refractivity contribution in [1.29, 1.82) is 0 Å². The highest BCUT2D eigenvalue weighted by Gasteiger charge is 2.31. The van der Waals surface area contributed by atoms with Gasteiger partial charge in [-0.25, -0.2) is 4.39 Å². The van der Waals surface area contributed by atoms with E-state index in [2.05, 4.69) is 27.9 Å². The third-order valence-electron chi connectivity index (χ3n) is 5.75. The van der Waals surface area contributed by atoms with Crippen molar-refractivity contribution in [3.8, 4) is 5.75 Å². The van der Waals surface area contributed by atoms with Crippen LogP contribution < -0.4 is 10.1 Å². The molecular formula is C28H30FIN2O3. The molecule has 0 unspecified atom stereocenters. The summed E-state index contributed by atoms with van der Waals surface area (Å²) in [6.07, 6.45) is 1.05. The van der Waals surface area contributed by atoms with Crippen LogP contribution in [-0.4, -0.2) is 35.4 Å². The zero-order valence-electron chi connectivity index (χ0n) is 19.9. The van der Waals surface area contributed by atoms with E-state index in [9.17, 15) is 14.0 Å². The number of carbonyl (C=O) groups is 2. The maximum atomic E-state index is 14.6. The second-order valence-corrected chi connectivity index (χ2v) is 9.62. The fourth-order valence-electron chi connectivity index (χ4n) is 3.56. The second kappa shape index (κ2) is 13.2. The van der Waals surface area contributed by atoms with Crippen LogP contribution in [0.1, 0.15) is 31.4 Å². The molecule has 0 aromatic heterocycles. The summed E-state index contributed by atoms with van der Waals surface area (Å²) in [5, 5.41) is 3.00. The number of amides is 2. The quantitative estimate of drug-likeness (QED) is 0.307. The predicted octanol–water partition coefficient (Wildman–Crippen LogP) is 5.36. The molecule has 0 aliphatic carbocycles. The van der Waals surface area contributed by atoms with Crippen LogP contribution in [0.15, 0.2) is 78.9 Å². The van der Waals surface area contributed by atoms with E-state index in [-0.39, 0.29) is 25.1 Å². The first-order valence-corrected chi connectivity index (χ1v) is 12.7. The van der Waals surface area contributed by atoms with Gasteiger partial charge in [0.15, 0.2) is 6.61 Å². The molecular weight excluding hydrogens is 558 g/mol. The van der Waals surface area contributed by atoms with Crippen LogP contribution in [-0.2, 0) is 22.6 Å². The Kier molecular flexibility index (Phi) is 10.1. The molecule has 2 atom stereocenters. The standard InChI is InChI=1S/C28H30FIN2O3/c1-3-20(2)31-28(34)26(17-21-9-5-4-6-10-21)32(18-22-11-7-8-12-25(22)29)27(33)19-35-24-15-13-23(30)14-16-24/h4-16,20,26H,3,17-19H2,1-2H3,(H,31,34)/t20-,26-/m0/s1. The van der Waals surface area contributed by atoms with Crippen molar-refractivity contribution in [1.82, 2.24) is 10.2 Å². The molecule has 0 aliphatic heterocycles. The zero-order valence-corrected chi connectivity index (χ0v) is 22.1. The molecule has 184 valence electrons. The molecule has 0 fully saturated rings. The van der Waals surface area contributed by atoms with Gasteiger partial charge in [0.2, 0.25) is 5.91 Å². The van der Waals surface area contributed by atoms with Gasteiger partial charge in [-0.1, -0.05) is 55.5 Å². The molecule has 0 bridgehead atoms. The Balaban J connectivity index is 1.91. The first-order valence-electron chi connectivity index (χ1n) is 11.6. The van der Waals surface area contributed by atoms with E-state index in [0.29, 0.717) is 17.7 Å². The normalized spacial score (nSPS) is 12.5. The zero-order chi connectivity index (χ0) is 25.2. The van der Waals surface area contributed by atoms with Crippen LogP contribution in [0.5, 0.6) is 5.75 Å². The number of hydrogen-bond acceptors (Lipinski definition) is 3. The summed E-state index contributed by atoms with van der Waals surface area (Å²) in [5.41, 5.74) is 1.24. The van der Waals surface area contributed by atoms with E-state index in [4.69, 9.17) is 4.74 Å². The Morgan fingerprint density at radius 2 is 1.66 bits per heavy atom. The number of carbonyl (C=O) groups excluding carboxylic acids is 2. The topological polar surface area (TPSA) is 58.6 Å². The van der Waals surface area contributed by atoms with Crippen LogP contribution in [0.25, 0.3) is 0 Å². The van der Waals surface area contributed by atoms with E-state index < -0.39 is 17.8 Å². The highest BCUT2D eigenvalue weighted by atomic mass is 127. The molecule has 0 saturated heterocycles. The summed E-state index contributed by atoms with van der Waals surface area (Å²) in [6.45, 7) is 3.58. The number of nitrogens with one attached hydrogen (secondary N) is 1. The lowest BCUT2D eigenvalue weighted by Crippen LogP contribution is -2.53. The third-order valence-corrected chi connectivity index (χ3v) is 6.47. The fraction of sp³-hybridized carbons (Fsp3) is 0.286. The fourth-order valence-corrected chi connectivity index (χ4v) is 3.92. The largest absolute Gasteiger partial charge is 0.484 e. The molecule has 7 heteroatoms. The Morgan fingerprint density at radius 3 is 2.31 bits per heavy atom. The minimum atomic E-state index is -0.834. The minimum absolute atomic E-state index is 0.0486. The van der Waals surface area contributed by atoms with E-state index >= 15 is 0 Å². The van der Waals surface area contributed by atoms with Crippen molar-refractivity contribution in [2.75, 3.05) is 6.61 Å². The number of rotatable bonds is 11. The number of halogens is 2. The molecule has 0 aliphatic rings. The predicted molar refractivity (Wildman–Crippen MR) is 143 cm³/mol. The van der Waals surface area contributed by atoms with Crippen LogP contribution in [0.3, 0.4) is 0 Å². The van der Waals surface area contributed by atoms with Gasteiger partial charge in [-0.2, -0.15) is 0 Å². The summed E-state index contributed by atoms with van der Waals surface area (Å²) >= 11 is 2.19. The molecule has 3 rings (SSSR count). The monoisotopic (exact) mass is 588 g/mol. The summed E-state index contributed by atoms with van der Waals surface area (Å²) in [7, 11) is 0. The highest BCUT2D eigenvalue weighted by molar-refractivity contribution is 14.1. The van der Waals surface area contributed by atoms with Crippen LogP contribution in [0, 0.1) is 9.39 Å². The molecule has 0 radical (unpaired) electrons. The molecule has 0 spiro atoms. The minimum Gasteiger partial charge on any atom is -0.484 e. The average Bonchev–Trinajstić information content (AvgIpc) is 2.87. The number of ether oxygens (including phenoxy) is 1. The van der Waals surface area contributed by atoms with E-state index in [1.165, 1.54) is 11.0 Å². The van der Waals surface area contributed by atoms with Gasteiger partial charge in [0.05, 0.1) is 0 Å². The van der Waals surface area contributed by atoms with Crippen LogP contribution in [0.4, 0.5) is 4.39 Å². The molecule has 5 nitrogen and oxygen atoms in total. The van der Waals surface area contributed by atoms with Crippen molar-refractivity contribution in [3.63, 3.8) is 0 Å². The highest BCUT2D eigenvalue weighted by Crippen LogP contribution is 2.18. The first kappa shape index (κ1) is 26.7. The SMILES string of the molecule is CC[C@H](C)NC(=O)[C@H](Cc1ccccc1)N(Cc1ccccc1F)C(=O)COc1ccc(I)cc1. The van der Waals surface area contributed by atoms with Crippen molar-refractivity contribution < 1.29 is 18.7 Å². The van der Waals surface area contributed by atoms with Crippen molar-refractivity contribution in [2.45, 2.75) is 45.3 Å². The summed E-state index contributed by atoms with van der Waals surface area (Å²) < 4.78 is 21.4. The lowest BCUT2D eigenvalue weighted by atomic mass is 10.0. The summed E-state index contributed by atoms with van der Waals surface area (Å²) in [5.74, 6) is -0.549. The third kappa shape index (κ3) is 8.06. The molecule has 1 N–H and O–H groups in total. The lowest BCUT2D eigenvalue weighted by Gasteiger charge is -2.32. The molecule has 2 amide bonds. The summed E-state index contributed by atoms with van der Waals surface area (Å²) in [4.78, 5) is 28.3. The van der Waals surface area contributed by atoms with Gasteiger partial charge in [-0.05, 0) is 71.8 Å². The smallest absolute Gasteiger partial charge is 0.261 e. The van der Waals surface area contributed by atoms with Gasteiger partial charge in [-0.15, -0.1) is 0 Å². The molecule has 3 aromatic carbocycles. The van der Waals surface area contributed by atoms with Gasteiger partial charge in [0, 0.05) is 28.1 Å². The van der Waals surface area contributed by atoms with Crippen molar-refractivity contribution >= 4 is 34.4 Å². The number of hydrogen-bond donors (Lipinski definition) is 1. The molecule has 0 heterocycles. The van der Waals surface area contributed by atoms with E-state index in [0.717, 1.165) is 15.6 Å². The number of benzene rings is 3. The van der Waals surface area contributed by atoms with E-state index in [1.54, 1.807) is 30.3 Å². The van der Waals surface area contributed by atoms with Crippen molar-refractivity contribution in [2.24, 2.45) is 0 Å². The molecule has 35 heavy (non-hydrogen) atoms. The van der Waals surface area contributed by atoms with E-state index in [1.807, 2.05) is 56.3 Å². The van der Waals surface area contributed by atoms with Gasteiger partial charge in [0.25, 0.3) is 5.91 Å². The molecule has 0 saturated carbocycles. The Hall–Kier alpha value is -2.94. The summed E-state index contributed by atoms with van der Waals surface area (Å²) in [6, 6.07) is 22.2. The Morgan fingerprint density at radius 1 is 1.00 bits per heavy atom. The van der Waals surface area contributed by atoms with Crippen LogP contribution >= 0.6 is 22.6 Å². The lowest BCUT2D eigenvalue weighted by molar-refractivity contribution is -0.143. The van der Waals surface area contributed by atoms with Gasteiger partial charge in [0.1, 0.15) is 17.6 Å². The van der Waals surface area contributed by atoms with Crippen LogP contribution in [0.2, 0.25) is 0 Å². The van der Waals surface area contributed by atoms with Gasteiger partial charge in [-0.3, -0.25) is 9.59 Å². The maximum Gasteiger partial charge on any atom is 0.261 e. The Bertz CT molecular complexity index is 1110. The average molecular weight is 588 g/mol. The second-order valence-electron chi connectivity index (χ2n) is 8.38. The number of nitrogens with zero attached hydrogens (tertiary/aromatic N) is 1.